The van der Waals surface area contributed by atoms with Crippen molar-refractivity contribution in [3.8, 4) is 5.75 Å². The van der Waals surface area contributed by atoms with Gasteiger partial charge in [0.15, 0.2) is 0 Å². The van der Waals surface area contributed by atoms with E-state index >= 15 is 0 Å². The molecule has 1 N–H and O–H groups in total. The molecule has 2 aromatic rings. The number of sulfonamides is 1. The molecule has 2 amide bonds. The highest BCUT2D eigenvalue weighted by Crippen LogP contribution is 2.30. The molecule has 0 radical (unpaired) electrons. The largest absolute Gasteiger partial charge is 0.495 e. The summed E-state index contributed by atoms with van der Waals surface area (Å²) in [5.74, 6) is -0.307. The van der Waals surface area contributed by atoms with Gasteiger partial charge in [-0.3, -0.25) is 13.9 Å². The maximum Gasteiger partial charge on any atom is 0.244 e. The zero-order valence-electron chi connectivity index (χ0n) is 22.3. The number of amides is 2. The summed E-state index contributed by atoms with van der Waals surface area (Å²) in [6, 6.07) is 13.8. The van der Waals surface area contributed by atoms with Crippen molar-refractivity contribution in [3.05, 3.63) is 59.7 Å². The van der Waals surface area contributed by atoms with Crippen LogP contribution < -0.4 is 14.4 Å². The van der Waals surface area contributed by atoms with Crippen molar-refractivity contribution in [1.82, 2.24) is 10.2 Å². The van der Waals surface area contributed by atoms with Gasteiger partial charge in [0.1, 0.15) is 18.3 Å². The Balaban J connectivity index is 1.95. The summed E-state index contributed by atoms with van der Waals surface area (Å²) in [7, 11) is -2.38. The number of nitrogens with one attached hydrogen (secondary N) is 1. The quantitative estimate of drug-likeness (QED) is 0.474. The Morgan fingerprint density at radius 2 is 1.70 bits per heavy atom. The van der Waals surface area contributed by atoms with E-state index in [-0.39, 0.29) is 24.2 Å². The number of carbonyl (C=O) groups is 2. The van der Waals surface area contributed by atoms with Crippen LogP contribution in [-0.4, -0.2) is 57.1 Å². The molecule has 9 heteroatoms. The molecule has 8 nitrogen and oxygen atoms in total. The molecule has 3 rings (SSSR count). The predicted molar refractivity (Wildman–Crippen MR) is 146 cm³/mol. The van der Waals surface area contributed by atoms with E-state index in [0.717, 1.165) is 47.4 Å². The molecule has 1 aliphatic carbocycles. The molecule has 2 aromatic carbocycles. The molecular formula is C28H39N3O5S. The Morgan fingerprint density at radius 1 is 1.05 bits per heavy atom. The molecule has 0 bridgehead atoms. The third-order valence-corrected chi connectivity index (χ3v) is 8.10. The summed E-state index contributed by atoms with van der Waals surface area (Å²) >= 11 is 0. The molecule has 1 fully saturated rings. The molecule has 0 aliphatic heterocycles. The van der Waals surface area contributed by atoms with Crippen LogP contribution in [0.4, 0.5) is 5.69 Å². The summed E-state index contributed by atoms with van der Waals surface area (Å²) < 4.78 is 32.1. The van der Waals surface area contributed by atoms with Crippen molar-refractivity contribution in [3.63, 3.8) is 0 Å². The fraction of sp³-hybridized carbons (Fsp3) is 0.500. The molecule has 0 spiro atoms. The van der Waals surface area contributed by atoms with Gasteiger partial charge in [0.2, 0.25) is 21.8 Å². The summed E-state index contributed by atoms with van der Waals surface area (Å²) in [6.45, 7) is 3.58. The Kier molecular flexibility index (Phi) is 9.97. The zero-order valence-corrected chi connectivity index (χ0v) is 23.1. The number of carbonyl (C=O) groups excluding carboxylic acids is 2. The summed E-state index contributed by atoms with van der Waals surface area (Å²) in [4.78, 5) is 28.9. The van der Waals surface area contributed by atoms with Gasteiger partial charge >= 0.3 is 0 Å². The molecule has 0 saturated heterocycles. The number of anilines is 1. The minimum absolute atomic E-state index is 0.104. The van der Waals surface area contributed by atoms with E-state index in [2.05, 4.69) is 5.32 Å². The smallest absolute Gasteiger partial charge is 0.244 e. The summed E-state index contributed by atoms with van der Waals surface area (Å²) in [5.41, 5.74) is 2.17. The number of aryl methyl sites for hydroxylation is 1. The van der Waals surface area contributed by atoms with E-state index in [1.54, 1.807) is 24.3 Å². The van der Waals surface area contributed by atoms with E-state index in [1.807, 2.05) is 38.1 Å². The van der Waals surface area contributed by atoms with Crippen molar-refractivity contribution in [1.29, 1.82) is 0 Å². The summed E-state index contributed by atoms with van der Waals surface area (Å²) in [5, 5.41) is 3.15. The van der Waals surface area contributed by atoms with Gasteiger partial charge in [0.05, 0.1) is 19.1 Å². The zero-order chi connectivity index (χ0) is 27.0. The topological polar surface area (TPSA) is 96.0 Å². The van der Waals surface area contributed by atoms with Gasteiger partial charge in [0, 0.05) is 12.6 Å². The second-order valence-electron chi connectivity index (χ2n) is 9.66. The van der Waals surface area contributed by atoms with Crippen molar-refractivity contribution in [2.24, 2.45) is 0 Å². The highest BCUT2D eigenvalue weighted by atomic mass is 32.2. The number of para-hydroxylation sites is 2. The van der Waals surface area contributed by atoms with Crippen LogP contribution in [0.3, 0.4) is 0 Å². The van der Waals surface area contributed by atoms with E-state index in [4.69, 9.17) is 4.74 Å². The lowest BCUT2D eigenvalue weighted by molar-refractivity contribution is -0.140. The number of benzene rings is 2. The molecule has 1 saturated carbocycles. The van der Waals surface area contributed by atoms with Crippen LogP contribution >= 0.6 is 0 Å². The lowest BCUT2D eigenvalue weighted by atomic mass is 9.95. The first-order valence-corrected chi connectivity index (χ1v) is 14.8. The molecule has 1 atom stereocenters. The lowest BCUT2D eigenvalue weighted by Gasteiger charge is -2.34. The second-order valence-corrected chi connectivity index (χ2v) is 11.6. The van der Waals surface area contributed by atoms with Crippen molar-refractivity contribution >= 4 is 27.5 Å². The lowest BCUT2D eigenvalue weighted by Crippen LogP contribution is -2.54. The number of nitrogens with zero attached hydrogens (tertiary/aromatic N) is 2. The van der Waals surface area contributed by atoms with Crippen LogP contribution in [0.1, 0.15) is 56.6 Å². The number of rotatable bonds is 11. The number of ether oxygens (including phenoxy) is 1. The van der Waals surface area contributed by atoms with Crippen LogP contribution in [0.15, 0.2) is 48.5 Å². The molecule has 202 valence electrons. The Morgan fingerprint density at radius 3 is 2.32 bits per heavy atom. The monoisotopic (exact) mass is 529 g/mol. The van der Waals surface area contributed by atoms with E-state index in [0.29, 0.717) is 12.2 Å². The van der Waals surface area contributed by atoms with Gasteiger partial charge in [-0.25, -0.2) is 8.42 Å². The predicted octanol–water partition coefficient (Wildman–Crippen LogP) is 4.03. The molecule has 1 aliphatic rings. The molecule has 0 heterocycles. The first-order valence-electron chi connectivity index (χ1n) is 12.9. The Bertz CT molecular complexity index is 1180. The Hall–Kier alpha value is -3.07. The number of methoxy groups -OCH3 is 1. The van der Waals surface area contributed by atoms with Crippen molar-refractivity contribution in [2.45, 2.75) is 71.0 Å². The normalized spacial score (nSPS) is 15.0. The van der Waals surface area contributed by atoms with Gasteiger partial charge in [0.25, 0.3) is 0 Å². The van der Waals surface area contributed by atoms with Gasteiger partial charge in [-0.2, -0.15) is 0 Å². The summed E-state index contributed by atoms with van der Waals surface area (Å²) in [6.07, 6.45) is 6.67. The van der Waals surface area contributed by atoms with Gasteiger partial charge in [-0.1, -0.05) is 62.6 Å². The van der Waals surface area contributed by atoms with E-state index < -0.39 is 28.5 Å². The van der Waals surface area contributed by atoms with E-state index in [9.17, 15) is 18.0 Å². The number of hydrogen-bond donors (Lipinski definition) is 1. The van der Waals surface area contributed by atoms with Gasteiger partial charge < -0.3 is 15.0 Å². The maximum atomic E-state index is 13.9. The van der Waals surface area contributed by atoms with Crippen molar-refractivity contribution in [2.75, 3.05) is 24.2 Å². The van der Waals surface area contributed by atoms with Crippen molar-refractivity contribution < 1.29 is 22.7 Å². The minimum atomic E-state index is -3.83. The van der Waals surface area contributed by atoms with Crippen LogP contribution in [0.25, 0.3) is 0 Å². The first-order chi connectivity index (χ1) is 17.7. The van der Waals surface area contributed by atoms with Crippen LogP contribution in [0.5, 0.6) is 5.75 Å². The highest BCUT2D eigenvalue weighted by molar-refractivity contribution is 7.92. The van der Waals surface area contributed by atoms with Crippen LogP contribution in [-0.2, 0) is 26.2 Å². The van der Waals surface area contributed by atoms with Gasteiger partial charge in [-0.15, -0.1) is 0 Å². The van der Waals surface area contributed by atoms with Crippen LogP contribution in [0, 0.1) is 6.92 Å². The minimum Gasteiger partial charge on any atom is -0.495 e. The second kappa shape index (κ2) is 12.9. The average Bonchev–Trinajstić information content (AvgIpc) is 2.88. The average molecular weight is 530 g/mol. The fourth-order valence-corrected chi connectivity index (χ4v) is 5.72. The van der Waals surface area contributed by atoms with E-state index in [1.165, 1.54) is 18.4 Å². The third kappa shape index (κ3) is 7.47. The third-order valence-electron chi connectivity index (χ3n) is 6.97. The van der Waals surface area contributed by atoms with Gasteiger partial charge in [-0.05, 0) is 49.4 Å². The van der Waals surface area contributed by atoms with Crippen LogP contribution in [0.2, 0.25) is 0 Å². The maximum absolute atomic E-state index is 13.9. The molecule has 37 heavy (non-hydrogen) atoms. The fourth-order valence-electron chi connectivity index (χ4n) is 4.87. The standard InChI is InChI=1S/C28H39N3O5S/c1-5-24(28(33)29-23-15-7-6-8-16-23)30(19-22-14-10-9-13-21(22)2)27(32)20-31(37(4,34)35)25-17-11-12-18-26(25)36-3/h9-14,17-18,23-24H,5-8,15-16,19-20H2,1-4H3,(H,29,33). The number of hydrogen-bond acceptors (Lipinski definition) is 5. The Labute approximate surface area is 221 Å². The first kappa shape index (κ1) is 28.5. The molecule has 1 unspecified atom stereocenters. The SMILES string of the molecule is CCC(C(=O)NC1CCCCC1)N(Cc1ccccc1C)C(=O)CN(c1ccccc1OC)S(C)(=O)=O. The molecular weight excluding hydrogens is 490 g/mol. The highest BCUT2D eigenvalue weighted by Gasteiger charge is 2.33. The molecule has 0 aromatic heterocycles.